The van der Waals surface area contributed by atoms with Crippen LogP contribution in [0.5, 0.6) is 5.75 Å². The van der Waals surface area contributed by atoms with Crippen molar-refractivity contribution < 1.29 is 19.4 Å². The molecule has 0 spiro atoms. The number of benzene rings is 1. The molecule has 1 aromatic rings. The van der Waals surface area contributed by atoms with Crippen LogP contribution in [0, 0.1) is 5.92 Å². The Bertz CT molecular complexity index is 573. The van der Waals surface area contributed by atoms with Crippen LogP contribution in [0.15, 0.2) is 18.2 Å². The average molecular weight is 292 g/mol. The number of carboxylic acids is 1. The van der Waals surface area contributed by atoms with Crippen LogP contribution in [0.3, 0.4) is 0 Å². The Balaban J connectivity index is 2.25. The SMILES string of the molecule is CC(CN(C)c1ccc2c(c1)N(C)C(=O)C(C)O2)C(=O)O. The summed E-state index contributed by atoms with van der Waals surface area (Å²) in [6.07, 6.45) is -0.488. The highest BCUT2D eigenvalue weighted by atomic mass is 16.5. The van der Waals surface area contributed by atoms with Crippen LogP contribution >= 0.6 is 0 Å². The predicted molar refractivity (Wildman–Crippen MR) is 80.0 cm³/mol. The number of carbonyl (C=O) groups is 2. The maximum Gasteiger partial charge on any atom is 0.308 e. The van der Waals surface area contributed by atoms with E-state index in [0.717, 1.165) is 5.69 Å². The first-order chi connectivity index (χ1) is 9.81. The summed E-state index contributed by atoms with van der Waals surface area (Å²) in [6, 6.07) is 5.52. The standard InChI is InChI=1S/C15H20N2O4/c1-9(15(19)20)8-16(3)11-5-6-13-12(7-11)17(4)14(18)10(2)21-13/h5-7,9-10H,8H2,1-4H3,(H,19,20). The van der Waals surface area contributed by atoms with E-state index in [-0.39, 0.29) is 5.91 Å². The molecule has 0 saturated heterocycles. The van der Waals surface area contributed by atoms with E-state index in [1.54, 1.807) is 25.8 Å². The number of aliphatic carboxylic acids is 1. The van der Waals surface area contributed by atoms with Gasteiger partial charge in [0, 0.05) is 26.3 Å². The Labute approximate surface area is 123 Å². The lowest BCUT2D eigenvalue weighted by Crippen LogP contribution is -2.42. The van der Waals surface area contributed by atoms with Crippen LogP contribution in [0.2, 0.25) is 0 Å². The zero-order chi connectivity index (χ0) is 15.7. The minimum Gasteiger partial charge on any atom is -0.481 e. The largest absolute Gasteiger partial charge is 0.481 e. The first kappa shape index (κ1) is 15.2. The molecule has 0 radical (unpaired) electrons. The fraction of sp³-hybridized carbons (Fsp3) is 0.467. The second-order valence-corrected chi connectivity index (χ2v) is 5.43. The normalized spacial score (nSPS) is 18.8. The molecule has 0 aliphatic carbocycles. The van der Waals surface area contributed by atoms with Crippen molar-refractivity contribution in [3.63, 3.8) is 0 Å². The summed E-state index contributed by atoms with van der Waals surface area (Å²) in [5, 5.41) is 8.98. The van der Waals surface area contributed by atoms with Crippen molar-refractivity contribution >= 4 is 23.3 Å². The zero-order valence-corrected chi connectivity index (χ0v) is 12.7. The molecule has 0 bridgehead atoms. The van der Waals surface area contributed by atoms with E-state index >= 15 is 0 Å². The average Bonchev–Trinajstić information content (AvgIpc) is 2.44. The maximum absolute atomic E-state index is 11.9. The number of nitrogens with zero attached hydrogens (tertiary/aromatic N) is 2. The molecule has 6 heteroatoms. The van der Waals surface area contributed by atoms with Crippen LogP contribution in [0.1, 0.15) is 13.8 Å². The number of likely N-dealkylation sites (N-methyl/N-ethyl adjacent to an activating group) is 1. The molecule has 1 aromatic carbocycles. The molecule has 0 saturated carbocycles. The zero-order valence-electron chi connectivity index (χ0n) is 12.7. The third-order valence-corrected chi connectivity index (χ3v) is 3.70. The maximum atomic E-state index is 11.9. The Hall–Kier alpha value is -2.24. The van der Waals surface area contributed by atoms with Crippen molar-refractivity contribution in [1.82, 2.24) is 0 Å². The minimum atomic E-state index is -0.829. The molecule has 1 N–H and O–H groups in total. The van der Waals surface area contributed by atoms with Crippen molar-refractivity contribution in [2.75, 3.05) is 30.4 Å². The Morgan fingerprint density at radius 2 is 2.19 bits per heavy atom. The lowest BCUT2D eigenvalue weighted by Gasteiger charge is -2.31. The summed E-state index contributed by atoms with van der Waals surface area (Å²) in [4.78, 5) is 26.3. The van der Waals surface area contributed by atoms with E-state index in [2.05, 4.69) is 0 Å². The van der Waals surface area contributed by atoms with E-state index in [1.807, 2.05) is 30.1 Å². The minimum absolute atomic E-state index is 0.0961. The predicted octanol–water partition coefficient (Wildman–Crippen LogP) is 1.59. The summed E-state index contributed by atoms with van der Waals surface area (Å²) in [7, 11) is 3.54. The molecule has 0 aromatic heterocycles. The highest BCUT2D eigenvalue weighted by Crippen LogP contribution is 2.36. The lowest BCUT2D eigenvalue weighted by molar-refractivity contribution is -0.140. The van der Waals surface area contributed by atoms with Crippen molar-refractivity contribution in [2.45, 2.75) is 20.0 Å². The Morgan fingerprint density at radius 3 is 2.81 bits per heavy atom. The van der Waals surface area contributed by atoms with Gasteiger partial charge < -0.3 is 19.6 Å². The van der Waals surface area contributed by atoms with Gasteiger partial charge in [-0.25, -0.2) is 0 Å². The van der Waals surface area contributed by atoms with Gasteiger partial charge in [0.1, 0.15) is 5.75 Å². The number of carboxylic acid groups (broad SMARTS) is 1. The Kier molecular flexibility index (Phi) is 4.06. The molecule has 1 amide bonds. The number of rotatable bonds is 4. The van der Waals surface area contributed by atoms with Gasteiger partial charge in [0.25, 0.3) is 5.91 Å². The summed E-state index contributed by atoms with van der Waals surface area (Å²) in [6.45, 7) is 3.77. The molecule has 6 nitrogen and oxygen atoms in total. The van der Waals surface area contributed by atoms with E-state index in [9.17, 15) is 9.59 Å². The number of hydrogen-bond acceptors (Lipinski definition) is 4. The van der Waals surface area contributed by atoms with Gasteiger partial charge in [-0.3, -0.25) is 9.59 Å². The molecule has 0 fully saturated rings. The first-order valence-corrected chi connectivity index (χ1v) is 6.83. The van der Waals surface area contributed by atoms with E-state index < -0.39 is 18.0 Å². The first-order valence-electron chi connectivity index (χ1n) is 6.83. The number of anilines is 2. The fourth-order valence-electron chi connectivity index (χ4n) is 2.33. The molecule has 2 unspecified atom stereocenters. The highest BCUT2D eigenvalue weighted by molar-refractivity contribution is 5.99. The summed E-state index contributed by atoms with van der Waals surface area (Å²) >= 11 is 0. The van der Waals surface area contributed by atoms with Gasteiger partial charge in [0.05, 0.1) is 11.6 Å². The van der Waals surface area contributed by atoms with Crippen molar-refractivity contribution in [1.29, 1.82) is 0 Å². The number of ether oxygens (including phenoxy) is 1. The van der Waals surface area contributed by atoms with Gasteiger partial charge in [0.2, 0.25) is 0 Å². The van der Waals surface area contributed by atoms with Crippen LogP contribution in [-0.2, 0) is 9.59 Å². The molecule has 1 aliphatic rings. The second kappa shape index (κ2) is 5.63. The molecular formula is C15H20N2O4. The number of carbonyl (C=O) groups excluding carboxylic acids is 1. The molecular weight excluding hydrogens is 272 g/mol. The molecule has 2 atom stereocenters. The molecule has 21 heavy (non-hydrogen) atoms. The third kappa shape index (κ3) is 2.94. The third-order valence-electron chi connectivity index (χ3n) is 3.70. The van der Waals surface area contributed by atoms with Gasteiger partial charge in [-0.15, -0.1) is 0 Å². The van der Waals surface area contributed by atoms with Crippen LogP contribution in [0.25, 0.3) is 0 Å². The van der Waals surface area contributed by atoms with Gasteiger partial charge in [0.15, 0.2) is 6.10 Å². The lowest BCUT2D eigenvalue weighted by atomic mass is 10.1. The molecule has 1 heterocycles. The number of fused-ring (bicyclic) bond motifs is 1. The Morgan fingerprint density at radius 1 is 1.52 bits per heavy atom. The van der Waals surface area contributed by atoms with Crippen LogP contribution < -0.4 is 14.5 Å². The van der Waals surface area contributed by atoms with Gasteiger partial charge in [-0.2, -0.15) is 0 Å². The van der Waals surface area contributed by atoms with Crippen LogP contribution in [-0.4, -0.2) is 43.7 Å². The number of amides is 1. The van der Waals surface area contributed by atoms with Crippen LogP contribution in [0.4, 0.5) is 11.4 Å². The molecule has 2 rings (SSSR count). The quantitative estimate of drug-likeness (QED) is 0.912. The molecule has 114 valence electrons. The summed E-state index contributed by atoms with van der Waals surface area (Å²) in [5.41, 5.74) is 1.55. The fourth-order valence-corrected chi connectivity index (χ4v) is 2.33. The summed E-state index contributed by atoms with van der Waals surface area (Å²) in [5.74, 6) is -0.736. The second-order valence-electron chi connectivity index (χ2n) is 5.43. The number of hydrogen-bond donors (Lipinski definition) is 1. The van der Waals surface area contributed by atoms with E-state index in [0.29, 0.717) is 18.0 Å². The van der Waals surface area contributed by atoms with Gasteiger partial charge >= 0.3 is 5.97 Å². The monoisotopic (exact) mass is 292 g/mol. The van der Waals surface area contributed by atoms with Crippen molar-refractivity contribution in [3.05, 3.63) is 18.2 Å². The van der Waals surface area contributed by atoms with E-state index in [4.69, 9.17) is 9.84 Å². The smallest absolute Gasteiger partial charge is 0.308 e. The van der Waals surface area contributed by atoms with Gasteiger partial charge in [-0.05, 0) is 25.1 Å². The van der Waals surface area contributed by atoms with Crippen molar-refractivity contribution in [3.8, 4) is 5.75 Å². The highest BCUT2D eigenvalue weighted by Gasteiger charge is 2.29. The van der Waals surface area contributed by atoms with E-state index in [1.165, 1.54) is 0 Å². The summed E-state index contributed by atoms with van der Waals surface area (Å²) < 4.78 is 5.56. The van der Waals surface area contributed by atoms with Gasteiger partial charge in [-0.1, -0.05) is 6.92 Å². The van der Waals surface area contributed by atoms with Crippen molar-refractivity contribution in [2.24, 2.45) is 5.92 Å². The topological polar surface area (TPSA) is 70.1 Å². The molecule has 1 aliphatic heterocycles.